The van der Waals surface area contributed by atoms with Gasteiger partial charge in [0.25, 0.3) is 0 Å². The predicted molar refractivity (Wildman–Crippen MR) is 93.7 cm³/mol. The zero-order valence-electron chi connectivity index (χ0n) is 12.2. The average molecular weight is 279 g/mol. The molecule has 4 aromatic rings. The molecule has 0 aliphatic heterocycles. The van der Waals surface area contributed by atoms with Crippen molar-refractivity contribution >= 4 is 10.8 Å². The summed E-state index contributed by atoms with van der Waals surface area (Å²) in [5.41, 5.74) is 4.93. The highest BCUT2D eigenvalue weighted by Crippen LogP contribution is 2.33. The van der Waals surface area contributed by atoms with Crippen LogP contribution in [0.15, 0.2) is 91.0 Å². The first-order valence-corrected chi connectivity index (χ1v) is 7.46. The van der Waals surface area contributed by atoms with Crippen LogP contribution in [0, 0.1) is 6.07 Å². The van der Waals surface area contributed by atoms with Crippen LogP contribution < -0.4 is 0 Å². The van der Waals surface area contributed by atoms with Crippen molar-refractivity contribution in [1.29, 1.82) is 0 Å². The van der Waals surface area contributed by atoms with Gasteiger partial charge >= 0.3 is 0 Å². The lowest BCUT2D eigenvalue weighted by Gasteiger charge is -2.11. The second-order valence-electron chi connectivity index (χ2n) is 5.40. The number of fused-ring (bicyclic) bond motifs is 1. The Morgan fingerprint density at radius 1 is 0.545 bits per heavy atom. The number of rotatable bonds is 2. The van der Waals surface area contributed by atoms with Gasteiger partial charge in [0.1, 0.15) is 0 Å². The predicted octanol–water partition coefficient (Wildman–Crippen LogP) is 5.97. The van der Waals surface area contributed by atoms with E-state index < -0.39 is 0 Å². The van der Waals surface area contributed by atoms with Crippen molar-refractivity contribution in [3.8, 4) is 22.3 Å². The Kier molecular flexibility index (Phi) is 3.21. The van der Waals surface area contributed by atoms with E-state index in [0.29, 0.717) is 0 Å². The fourth-order valence-electron chi connectivity index (χ4n) is 2.90. The van der Waals surface area contributed by atoms with Crippen molar-refractivity contribution in [2.75, 3.05) is 0 Å². The van der Waals surface area contributed by atoms with Crippen molar-refractivity contribution in [1.82, 2.24) is 0 Å². The van der Waals surface area contributed by atoms with Crippen LogP contribution in [0.5, 0.6) is 0 Å². The molecule has 0 saturated heterocycles. The van der Waals surface area contributed by atoms with Crippen LogP contribution in [0.25, 0.3) is 33.0 Å². The third-order valence-corrected chi connectivity index (χ3v) is 4.01. The van der Waals surface area contributed by atoms with E-state index in [1.54, 1.807) is 0 Å². The smallest absolute Gasteiger partial charge is 0.00992 e. The Labute approximate surface area is 130 Å². The van der Waals surface area contributed by atoms with Gasteiger partial charge in [0, 0.05) is 0 Å². The zero-order valence-corrected chi connectivity index (χ0v) is 12.2. The summed E-state index contributed by atoms with van der Waals surface area (Å²) in [5.74, 6) is 0. The first-order chi connectivity index (χ1) is 10.9. The van der Waals surface area contributed by atoms with E-state index in [9.17, 15) is 0 Å². The average Bonchev–Trinajstić information content (AvgIpc) is 2.62. The molecule has 0 amide bonds. The van der Waals surface area contributed by atoms with Crippen LogP contribution in [-0.2, 0) is 0 Å². The quantitative estimate of drug-likeness (QED) is 0.424. The molecule has 0 aliphatic rings. The van der Waals surface area contributed by atoms with E-state index in [1.807, 2.05) is 12.1 Å². The highest BCUT2D eigenvalue weighted by Gasteiger charge is 2.07. The van der Waals surface area contributed by atoms with Crippen LogP contribution in [0.2, 0.25) is 0 Å². The van der Waals surface area contributed by atoms with Crippen molar-refractivity contribution in [3.05, 3.63) is 97.1 Å². The molecule has 0 fully saturated rings. The largest absolute Gasteiger partial charge is 0.0622 e. The number of hydrogen-bond acceptors (Lipinski definition) is 0. The Balaban J connectivity index is 1.92. The molecule has 0 heteroatoms. The standard InChI is InChI=1S/C22H15/c1-2-9-18(10-3-1)21-12-6-7-13-22(21)20-15-14-17-8-4-5-11-19(17)16-20/h1-5,7-16H. The molecule has 4 aromatic carbocycles. The third kappa shape index (κ3) is 2.29. The van der Waals surface area contributed by atoms with Crippen molar-refractivity contribution in [3.63, 3.8) is 0 Å². The lowest BCUT2D eigenvalue weighted by Crippen LogP contribution is -1.85. The van der Waals surface area contributed by atoms with Gasteiger partial charge in [-0.05, 0) is 51.2 Å². The van der Waals surface area contributed by atoms with Gasteiger partial charge in [0.2, 0.25) is 0 Å². The first-order valence-electron chi connectivity index (χ1n) is 7.46. The molecule has 0 aliphatic carbocycles. The van der Waals surface area contributed by atoms with Gasteiger partial charge < -0.3 is 0 Å². The topological polar surface area (TPSA) is 0 Å². The lowest BCUT2D eigenvalue weighted by atomic mass is 9.93. The minimum absolute atomic E-state index is 1.22. The van der Waals surface area contributed by atoms with Crippen LogP contribution in [-0.4, -0.2) is 0 Å². The number of benzene rings is 4. The van der Waals surface area contributed by atoms with E-state index in [2.05, 4.69) is 84.9 Å². The molecular formula is C22H15. The summed E-state index contributed by atoms with van der Waals surface area (Å²) in [6.07, 6.45) is 0. The van der Waals surface area contributed by atoms with E-state index in [-0.39, 0.29) is 0 Å². The highest BCUT2D eigenvalue weighted by atomic mass is 14.1. The Hall–Kier alpha value is -2.86. The first kappa shape index (κ1) is 12.8. The fourth-order valence-corrected chi connectivity index (χ4v) is 2.90. The molecule has 22 heavy (non-hydrogen) atoms. The van der Waals surface area contributed by atoms with E-state index in [0.717, 1.165) is 0 Å². The molecule has 1 radical (unpaired) electrons. The molecule has 0 saturated carbocycles. The SMILES string of the molecule is [c]1ccc(-c2ccc3ccccc3c2)c(-c2ccccc2)c1. The van der Waals surface area contributed by atoms with Gasteiger partial charge in [0.05, 0.1) is 0 Å². The van der Waals surface area contributed by atoms with Gasteiger partial charge in [-0.1, -0.05) is 78.9 Å². The molecule has 4 rings (SSSR count). The zero-order chi connectivity index (χ0) is 14.8. The second kappa shape index (κ2) is 5.50. The fraction of sp³-hybridized carbons (Fsp3) is 0. The van der Waals surface area contributed by atoms with E-state index in [1.165, 1.54) is 33.0 Å². The Morgan fingerprint density at radius 2 is 1.32 bits per heavy atom. The minimum atomic E-state index is 1.22. The molecule has 0 nitrogen and oxygen atoms in total. The minimum Gasteiger partial charge on any atom is -0.0622 e. The van der Waals surface area contributed by atoms with Gasteiger partial charge in [-0.15, -0.1) is 0 Å². The summed E-state index contributed by atoms with van der Waals surface area (Å²) in [6, 6.07) is 35.0. The maximum atomic E-state index is 3.21. The van der Waals surface area contributed by atoms with Gasteiger partial charge in [-0.3, -0.25) is 0 Å². The van der Waals surface area contributed by atoms with Crippen LogP contribution in [0.3, 0.4) is 0 Å². The summed E-state index contributed by atoms with van der Waals surface area (Å²) in [7, 11) is 0. The van der Waals surface area contributed by atoms with Crippen LogP contribution in [0.4, 0.5) is 0 Å². The lowest BCUT2D eigenvalue weighted by molar-refractivity contribution is 1.59. The summed E-state index contributed by atoms with van der Waals surface area (Å²) in [6.45, 7) is 0. The third-order valence-electron chi connectivity index (χ3n) is 4.01. The van der Waals surface area contributed by atoms with Crippen molar-refractivity contribution in [2.45, 2.75) is 0 Å². The Bertz CT molecular complexity index is 920. The normalized spacial score (nSPS) is 10.7. The molecule has 0 atom stereocenters. The highest BCUT2D eigenvalue weighted by molar-refractivity contribution is 5.91. The molecule has 0 N–H and O–H groups in total. The molecule has 0 aromatic heterocycles. The molecule has 0 unspecified atom stereocenters. The summed E-state index contributed by atoms with van der Waals surface area (Å²) < 4.78 is 0. The van der Waals surface area contributed by atoms with Gasteiger partial charge in [-0.25, -0.2) is 0 Å². The van der Waals surface area contributed by atoms with Crippen molar-refractivity contribution < 1.29 is 0 Å². The molecule has 0 spiro atoms. The molecule has 0 heterocycles. The summed E-state index contributed by atoms with van der Waals surface area (Å²) >= 11 is 0. The maximum Gasteiger partial charge on any atom is -0.00992 e. The Morgan fingerprint density at radius 3 is 2.18 bits per heavy atom. The summed E-state index contributed by atoms with van der Waals surface area (Å²) in [5, 5.41) is 2.54. The van der Waals surface area contributed by atoms with E-state index >= 15 is 0 Å². The summed E-state index contributed by atoms with van der Waals surface area (Å²) in [4.78, 5) is 0. The maximum absolute atomic E-state index is 3.21. The monoisotopic (exact) mass is 279 g/mol. The van der Waals surface area contributed by atoms with Crippen LogP contribution in [0.1, 0.15) is 0 Å². The second-order valence-corrected chi connectivity index (χ2v) is 5.40. The number of hydrogen-bond donors (Lipinski definition) is 0. The molecule has 103 valence electrons. The molecule has 0 bridgehead atoms. The van der Waals surface area contributed by atoms with Crippen LogP contribution >= 0.6 is 0 Å². The van der Waals surface area contributed by atoms with Gasteiger partial charge in [0.15, 0.2) is 0 Å². The van der Waals surface area contributed by atoms with Gasteiger partial charge in [-0.2, -0.15) is 0 Å². The van der Waals surface area contributed by atoms with E-state index in [4.69, 9.17) is 0 Å². The van der Waals surface area contributed by atoms with Crippen molar-refractivity contribution in [2.24, 2.45) is 0 Å². The molecular weight excluding hydrogens is 264 g/mol.